The smallest absolute Gasteiger partial charge is 0.305 e. The molecule has 1 aromatic rings. The first-order chi connectivity index (χ1) is 49.6. The van der Waals surface area contributed by atoms with Crippen LogP contribution in [0.5, 0.6) is 5.75 Å². The molecule has 0 radical (unpaired) electrons. The minimum absolute atomic E-state index is 0.0390. The van der Waals surface area contributed by atoms with E-state index in [4.69, 9.17) is 39.5 Å². The standard InChI is InChI=1S/C67H116N20O17S/c1-36(2)31-46(54(70)93)81-56(95)43(17-12-27-75-66(71)72)78-60(99)47(33-40-20-22-41(90)23-21-40)82-57(96)42(16-9-11-26-69)77-61(100)48(34-52(91)92)83-64(103)53(39(6)89)86-59(98)45(24-30-105-7)79-62(101)50(35-88)85-58(97)44(18-13-28-76-67(73)74)80-63(102)51-19-14-29-87(51)65(104)49(32-37(3)4)84-55(94)38(5)15-8-10-25-68/h20-23,36-39,42-51,53,88-90H,8-19,24-35,68-69H2,1-7H3,(H2,70,93)(H,77,100)(H,78,99)(H,79,101)(H,80,102)(H,81,95)(H,82,96)(H,83,103)(H,84,94)(H,85,97)(H,86,98)(H,91,92)(H4,71,72,75)(H4,73,74,76)/t38-,39+,42-,43-,44-,45-,46-,47-,48-,49-,50-,51?,53-/m0/s1. The van der Waals surface area contributed by atoms with Crippen LogP contribution in [0.15, 0.2) is 24.3 Å². The third-order valence-electron chi connectivity index (χ3n) is 17.0. The molecule has 0 bridgehead atoms. The first kappa shape index (κ1) is 91.9. The maximum Gasteiger partial charge on any atom is 0.305 e. The Morgan fingerprint density at radius 2 is 0.962 bits per heavy atom. The van der Waals surface area contributed by atoms with Gasteiger partial charge in [-0.15, -0.1) is 0 Å². The van der Waals surface area contributed by atoms with Crippen LogP contribution in [0.3, 0.4) is 0 Å². The number of likely N-dealkylation sites (tertiary alicyclic amines) is 1. The van der Waals surface area contributed by atoms with E-state index in [1.807, 2.05) is 13.8 Å². The number of amides is 12. The van der Waals surface area contributed by atoms with E-state index in [1.165, 1.54) is 40.9 Å². The summed E-state index contributed by atoms with van der Waals surface area (Å²) in [6, 6.07) is -11.1. The summed E-state index contributed by atoms with van der Waals surface area (Å²) in [5.41, 5.74) is 28.3. The monoisotopic (exact) mass is 1500 g/mol. The Bertz CT molecular complexity index is 3040. The zero-order valence-electron chi connectivity index (χ0n) is 61.3. The van der Waals surface area contributed by atoms with Gasteiger partial charge in [0.05, 0.1) is 19.1 Å². The van der Waals surface area contributed by atoms with Gasteiger partial charge in [-0.3, -0.25) is 73.1 Å². The van der Waals surface area contributed by atoms with Crippen molar-refractivity contribution in [1.29, 1.82) is 10.8 Å². The molecule has 1 aliphatic rings. The quantitative estimate of drug-likeness (QED) is 0.0166. The molecule has 12 amide bonds. The van der Waals surface area contributed by atoms with E-state index in [0.29, 0.717) is 37.8 Å². The lowest BCUT2D eigenvalue weighted by Crippen LogP contribution is -2.62. The Morgan fingerprint density at radius 1 is 0.533 bits per heavy atom. The number of hydrogen-bond acceptors (Lipinski definition) is 21. The zero-order chi connectivity index (χ0) is 79.0. The van der Waals surface area contributed by atoms with Crippen molar-refractivity contribution in [3.05, 3.63) is 29.8 Å². The number of carbonyl (C=O) groups excluding carboxylic acids is 12. The summed E-state index contributed by atoms with van der Waals surface area (Å²) >= 11 is 1.23. The van der Waals surface area contributed by atoms with Crippen LogP contribution in [0.4, 0.5) is 0 Å². The number of rotatable bonds is 51. The Hall–Kier alpha value is -9.14. The van der Waals surface area contributed by atoms with Crippen molar-refractivity contribution in [2.45, 2.75) is 223 Å². The number of aliphatic hydroxyl groups excluding tert-OH is 2. The lowest BCUT2D eigenvalue weighted by molar-refractivity contribution is -0.143. The average molecular weight is 1510 g/mol. The molecule has 1 heterocycles. The highest BCUT2D eigenvalue weighted by atomic mass is 32.2. The predicted octanol–water partition coefficient (Wildman–Crippen LogP) is -4.63. The Kier molecular flexibility index (Phi) is 42.7. The van der Waals surface area contributed by atoms with Gasteiger partial charge in [0.2, 0.25) is 70.9 Å². The molecule has 1 aliphatic heterocycles. The minimum Gasteiger partial charge on any atom is -0.508 e. The molecule has 37 nitrogen and oxygen atoms in total. The molecular weight excluding hydrogens is 1390 g/mol. The molecule has 1 saturated heterocycles. The number of nitrogens with one attached hydrogen (secondary N) is 14. The molecular formula is C67H116N20O17S. The van der Waals surface area contributed by atoms with Crippen LogP contribution in [-0.4, -0.2) is 238 Å². The molecule has 0 spiro atoms. The summed E-state index contributed by atoms with van der Waals surface area (Å²) in [4.78, 5) is 182. The molecule has 38 heteroatoms. The molecule has 0 saturated carbocycles. The largest absolute Gasteiger partial charge is 0.508 e. The van der Waals surface area contributed by atoms with Gasteiger partial charge in [0.1, 0.15) is 72.2 Å². The van der Waals surface area contributed by atoms with Crippen LogP contribution in [0.25, 0.3) is 0 Å². The zero-order valence-corrected chi connectivity index (χ0v) is 62.1. The summed E-state index contributed by atoms with van der Waals surface area (Å²) in [5.74, 6) is -13.9. The van der Waals surface area contributed by atoms with E-state index in [0.717, 1.165) is 13.3 Å². The Balaban J connectivity index is 2.48. The maximum atomic E-state index is 14.5. The van der Waals surface area contributed by atoms with E-state index in [2.05, 4.69) is 63.8 Å². The number of benzene rings is 1. The molecule has 2 rings (SSSR count). The van der Waals surface area contributed by atoms with E-state index in [-0.39, 0.29) is 138 Å². The van der Waals surface area contributed by atoms with Crippen LogP contribution in [0.2, 0.25) is 0 Å². The van der Waals surface area contributed by atoms with E-state index in [1.54, 1.807) is 27.0 Å². The van der Waals surface area contributed by atoms with Crippen LogP contribution in [0, 0.1) is 28.6 Å². The number of phenolic OH excluding ortho intramolecular Hbond substituents is 1. The number of aromatic hydroxyl groups is 1. The topological polar surface area (TPSA) is 628 Å². The van der Waals surface area contributed by atoms with Crippen molar-refractivity contribution in [3.8, 4) is 5.75 Å². The lowest BCUT2D eigenvalue weighted by Gasteiger charge is -2.31. The second-order valence-electron chi connectivity index (χ2n) is 27.0. The number of aliphatic hydroxyl groups is 2. The number of guanidine groups is 2. The van der Waals surface area contributed by atoms with E-state index in [9.17, 15) is 82.8 Å². The summed E-state index contributed by atoms with van der Waals surface area (Å²) in [5, 5.41) is 87.1. The number of primary amides is 1. The van der Waals surface area contributed by atoms with E-state index < -0.39 is 162 Å². The summed E-state index contributed by atoms with van der Waals surface area (Å²) < 4.78 is 0. The van der Waals surface area contributed by atoms with Gasteiger partial charge in [-0.2, -0.15) is 11.8 Å². The normalized spacial score (nSPS) is 16.1. The first-order valence-electron chi connectivity index (χ1n) is 35.5. The molecule has 1 aromatic carbocycles. The lowest BCUT2D eigenvalue weighted by atomic mass is 9.99. The number of carbonyl (C=O) groups is 13. The number of carboxylic acid groups (broad SMARTS) is 1. The molecule has 0 aliphatic carbocycles. The number of nitrogens with two attached hydrogens (primary N) is 5. The summed E-state index contributed by atoms with van der Waals surface area (Å²) in [6.07, 6.45) is 1.55. The van der Waals surface area contributed by atoms with Gasteiger partial charge in [0.25, 0.3) is 0 Å². The minimum atomic E-state index is -2.04. The van der Waals surface area contributed by atoms with Gasteiger partial charge in [-0.25, -0.2) is 0 Å². The van der Waals surface area contributed by atoms with Gasteiger partial charge < -0.3 is 118 Å². The van der Waals surface area contributed by atoms with Gasteiger partial charge in [-0.05, 0) is 151 Å². The fraction of sp³-hybridized carbons (Fsp3) is 0.687. The Morgan fingerprint density at radius 3 is 1.45 bits per heavy atom. The number of nitrogens with zero attached hydrogens (tertiary/aromatic N) is 1. The molecule has 1 fully saturated rings. The van der Waals surface area contributed by atoms with Crippen molar-refractivity contribution in [3.63, 3.8) is 0 Å². The van der Waals surface area contributed by atoms with Crippen LogP contribution < -0.4 is 92.5 Å². The number of thioether (sulfide) groups is 1. The highest BCUT2D eigenvalue weighted by Crippen LogP contribution is 2.23. The van der Waals surface area contributed by atoms with Crippen molar-refractivity contribution >= 4 is 101 Å². The number of unbranched alkanes of at least 4 members (excludes halogenated alkanes) is 2. The van der Waals surface area contributed by atoms with Gasteiger partial charge in [0, 0.05) is 32.0 Å². The number of aliphatic carboxylic acids is 1. The summed E-state index contributed by atoms with van der Waals surface area (Å²) in [6.45, 7) is 10.00. The van der Waals surface area contributed by atoms with Crippen molar-refractivity contribution < 1.29 is 82.8 Å². The third-order valence-corrected chi connectivity index (χ3v) is 17.7. The molecule has 28 N–H and O–H groups in total. The van der Waals surface area contributed by atoms with Crippen molar-refractivity contribution in [2.75, 3.05) is 51.3 Å². The highest BCUT2D eigenvalue weighted by Gasteiger charge is 2.41. The van der Waals surface area contributed by atoms with Crippen LogP contribution in [0.1, 0.15) is 150 Å². The van der Waals surface area contributed by atoms with E-state index >= 15 is 0 Å². The average Bonchev–Trinajstić information content (AvgIpc) is 1.80. The van der Waals surface area contributed by atoms with Gasteiger partial charge >= 0.3 is 5.97 Å². The molecule has 592 valence electrons. The Labute approximate surface area is 617 Å². The number of carboxylic acids is 1. The second-order valence-corrected chi connectivity index (χ2v) is 28.0. The number of hydrogen-bond donors (Lipinski definition) is 23. The van der Waals surface area contributed by atoms with Crippen molar-refractivity contribution in [2.24, 2.45) is 46.4 Å². The van der Waals surface area contributed by atoms with Gasteiger partial charge in [0.15, 0.2) is 11.9 Å². The van der Waals surface area contributed by atoms with Crippen LogP contribution in [-0.2, 0) is 68.7 Å². The van der Waals surface area contributed by atoms with Crippen LogP contribution >= 0.6 is 11.8 Å². The summed E-state index contributed by atoms with van der Waals surface area (Å²) in [7, 11) is 0. The molecule has 105 heavy (non-hydrogen) atoms. The third kappa shape index (κ3) is 35.0. The molecule has 0 aromatic heterocycles. The van der Waals surface area contributed by atoms with Crippen molar-refractivity contribution in [1.82, 2.24) is 68.7 Å². The highest BCUT2D eigenvalue weighted by molar-refractivity contribution is 7.98. The first-order valence-corrected chi connectivity index (χ1v) is 36.9. The van der Waals surface area contributed by atoms with Gasteiger partial charge in [-0.1, -0.05) is 53.2 Å². The maximum absolute atomic E-state index is 14.5. The predicted molar refractivity (Wildman–Crippen MR) is 391 cm³/mol. The SMILES string of the molecule is CSCC[C@H](NC(=O)[C@H](CO)NC(=O)[C@H](CCCNC(=N)N)NC(=O)C1CCCN1C(=O)[C@H](CC(C)C)NC(=O)[C@@H](C)CCCCN)C(=O)N[C@H](C(=O)N[C@@H](CC(=O)O)C(=O)N[C@@H](CCCCN)C(=O)N[C@@H](Cc1ccc(O)cc1)C(=O)N[C@@H](CCCNC(=N)N)C(=O)N[C@@H](CC(C)C)C(N)=O)[C@@H](C)O. The second kappa shape index (κ2) is 48.8. The molecule has 13 atom stereocenters. The molecule has 1 unspecified atom stereocenters. The number of phenols is 1. The fourth-order valence-corrected chi connectivity index (χ4v) is 11.8. The fourth-order valence-electron chi connectivity index (χ4n) is 11.3.